The van der Waals surface area contributed by atoms with E-state index in [9.17, 15) is 14.7 Å². The highest BCUT2D eigenvalue weighted by Gasteiger charge is 2.39. The molecular formula is C36H31NO3. The lowest BCUT2D eigenvalue weighted by Crippen LogP contribution is -2.45. The first kappa shape index (κ1) is 26.6. The topological polar surface area (TPSA) is 66.4 Å². The van der Waals surface area contributed by atoms with Crippen molar-refractivity contribution in [3.8, 4) is 11.1 Å². The molecule has 5 rings (SSSR count). The molecule has 0 saturated heterocycles. The third-order valence-corrected chi connectivity index (χ3v) is 7.36. The number of carbonyl (C=O) groups is 2. The zero-order chi connectivity index (χ0) is 27.8. The molecule has 5 aromatic carbocycles. The van der Waals surface area contributed by atoms with E-state index in [4.69, 9.17) is 0 Å². The Balaban J connectivity index is 1.43. The van der Waals surface area contributed by atoms with E-state index in [0.29, 0.717) is 0 Å². The van der Waals surface area contributed by atoms with Gasteiger partial charge in [0, 0.05) is 12.8 Å². The van der Waals surface area contributed by atoms with Gasteiger partial charge in [0.25, 0.3) is 0 Å². The quantitative estimate of drug-likeness (QED) is 0.195. The second-order valence-electron chi connectivity index (χ2n) is 9.91. The molecule has 0 radical (unpaired) electrons. The highest BCUT2D eigenvalue weighted by molar-refractivity contribution is 5.85. The van der Waals surface area contributed by atoms with Crippen LogP contribution >= 0.6 is 0 Å². The Morgan fingerprint density at radius 1 is 0.575 bits per heavy atom. The van der Waals surface area contributed by atoms with Gasteiger partial charge in [-0.05, 0) is 33.4 Å². The summed E-state index contributed by atoms with van der Waals surface area (Å²) >= 11 is 0. The third kappa shape index (κ3) is 5.87. The van der Waals surface area contributed by atoms with Gasteiger partial charge >= 0.3 is 5.97 Å². The normalized spacial score (nSPS) is 11.9. The van der Waals surface area contributed by atoms with Crippen LogP contribution in [0.3, 0.4) is 0 Å². The second kappa shape index (κ2) is 12.3. The average Bonchev–Trinajstić information content (AvgIpc) is 3.01. The molecule has 0 fully saturated rings. The zero-order valence-electron chi connectivity index (χ0n) is 22.1. The van der Waals surface area contributed by atoms with E-state index in [1.807, 2.05) is 146 Å². The highest BCUT2D eigenvalue weighted by Crippen LogP contribution is 2.42. The molecule has 0 aromatic heterocycles. The summed E-state index contributed by atoms with van der Waals surface area (Å²) in [5.74, 6) is -1.39. The maximum absolute atomic E-state index is 13.7. The number of rotatable bonds is 10. The summed E-state index contributed by atoms with van der Waals surface area (Å²) in [5, 5.41) is 12.9. The van der Waals surface area contributed by atoms with E-state index in [0.717, 1.165) is 33.4 Å². The van der Waals surface area contributed by atoms with Gasteiger partial charge in [-0.2, -0.15) is 0 Å². The van der Waals surface area contributed by atoms with Crippen LogP contribution in [0.4, 0.5) is 0 Å². The van der Waals surface area contributed by atoms with Crippen molar-refractivity contribution in [2.24, 2.45) is 0 Å². The van der Waals surface area contributed by atoms with Crippen molar-refractivity contribution in [1.82, 2.24) is 5.32 Å². The zero-order valence-corrected chi connectivity index (χ0v) is 22.1. The molecule has 0 bridgehead atoms. The molecule has 4 heteroatoms. The van der Waals surface area contributed by atoms with Crippen LogP contribution in [0.5, 0.6) is 0 Å². The van der Waals surface area contributed by atoms with E-state index in [-0.39, 0.29) is 18.7 Å². The third-order valence-electron chi connectivity index (χ3n) is 7.36. The molecule has 2 N–H and O–H groups in total. The molecule has 40 heavy (non-hydrogen) atoms. The summed E-state index contributed by atoms with van der Waals surface area (Å²) in [7, 11) is 0. The molecule has 1 atom stereocenters. The maximum atomic E-state index is 13.7. The fraction of sp³-hybridized carbons (Fsp3) is 0.111. The Kier molecular flexibility index (Phi) is 8.17. The fourth-order valence-corrected chi connectivity index (χ4v) is 5.36. The minimum absolute atomic E-state index is 0.0573. The second-order valence-corrected chi connectivity index (χ2v) is 9.91. The predicted molar refractivity (Wildman–Crippen MR) is 159 cm³/mol. The fourth-order valence-electron chi connectivity index (χ4n) is 5.36. The maximum Gasteiger partial charge on any atom is 0.326 e. The Labute approximate surface area is 235 Å². The van der Waals surface area contributed by atoms with Crippen molar-refractivity contribution in [1.29, 1.82) is 0 Å². The van der Waals surface area contributed by atoms with Gasteiger partial charge in [-0.15, -0.1) is 0 Å². The van der Waals surface area contributed by atoms with Crippen LogP contribution in [-0.4, -0.2) is 23.0 Å². The van der Waals surface area contributed by atoms with Crippen LogP contribution in [-0.2, 0) is 21.4 Å². The summed E-state index contributed by atoms with van der Waals surface area (Å²) < 4.78 is 0. The van der Waals surface area contributed by atoms with Gasteiger partial charge < -0.3 is 10.4 Å². The molecule has 198 valence electrons. The van der Waals surface area contributed by atoms with Crippen LogP contribution in [0.15, 0.2) is 146 Å². The molecule has 0 unspecified atom stereocenters. The van der Waals surface area contributed by atoms with Crippen molar-refractivity contribution in [3.05, 3.63) is 168 Å². The summed E-state index contributed by atoms with van der Waals surface area (Å²) in [6.45, 7) is 0. The molecule has 0 aliphatic carbocycles. The van der Waals surface area contributed by atoms with Gasteiger partial charge in [0.1, 0.15) is 6.04 Å². The predicted octanol–water partition coefficient (Wildman–Crippen LogP) is 6.89. The lowest BCUT2D eigenvalue weighted by Gasteiger charge is -2.36. The standard InChI is InChI=1S/C36H31NO3/c38-34(37-33(35(39)40)25-27-21-23-29(24-22-27)28-13-5-1-6-14-28)26-36(30-15-7-2-8-16-30,31-17-9-3-10-18-31)32-19-11-4-12-20-32/h1-24,33H,25-26H2,(H,37,38)(H,39,40)/t33-/m0/s1. The first-order chi connectivity index (χ1) is 19.6. The van der Waals surface area contributed by atoms with Gasteiger partial charge in [0.05, 0.1) is 5.41 Å². The summed E-state index contributed by atoms with van der Waals surface area (Å²) in [4.78, 5) is 26.0. The minimum Gasteiger partial charge on any atom is -0.480 e. The molecule has 0 aliphatic rings. The van der Waals surface area contributed by atoms with E-state index >= 15 is 0 Å². The summed E-state index contributed by atoms with van der Waals surface area (Å²) in [5.41, 5.74) is 5.08. The number of nitrogens with one attached hydrogen (secondary N) is 1. The van der Waals surface area contributed by atoms with Gasteiger partial charge in [-0.3, -0.25) is 4.79 Å². The molecule has 0 saturated carbocycles. The number of carboxylic acids is 1. The number of hydrogen-bond acceptors (Lipinski definition) is 2. The molecule has 0 heterocycles. The van der Waals surface area contributed by atoms with Crippen LogP contribution in [0.2, 0.25) is 0 Å². The lowest BCUT2D eigenvalue weighted by atomic mass is 9.67. The van der Waals surface area contributed by atoms with Gasteiger partial charge in [0.2, 0.25) is 5.91 Å². The molecule has 0 aliphatic heterocycles. The summed E-state index contributed by atoms with van der Waals surface area (Å²) in [6, 6.07) is 46.6. The number of amides is 1. The molecule has 4 nitrogen and oxygen atoms in total. The molecule has 5 aromatic rings. The van der Waals surface area contributed by atoms with Crippen molar-refractivity contribution in [2.75, 3.05) is 0 Å². The summed E-state index contributed by atoms with van der Waals surface area (Å²) in [6.07, 6.45) is 0.243. The number of carbonyl (C=O) groups excluding carboxylic acids is 1. The molecule has 0 spiro atoms. The molecule has 1 amide bonds. The molecular weight excluding hydrogens is 494 g/mol. The monoisotopic (exact) mass is 525 g/mol. The lowest BCUT2D eigenvalue weighted by molar-refractivity contribution is -0.141. The number of carboxylic acid groups (broad SMARTS) is 1. The van der Waals surface area contributed by atoms with Crippen molar-refractivity contribution in [3.63, 3.8) is 0 Å². The van der Waals surface area contributed by atoms with E-state index in [2.05, 4.69) is 5.32 Å². The van der Waals surface area contributed by atoms with Crippen molar-refractivity contribution in [2.45, 2.75) is 24.3 Å². The van der Waals surface area contributed by atoms with Crippen LogP contribution in [0, 0.1) is 0 Å². The highest BCUT2D eigenvalue weighted by atomic mass is 16.4. The Morgan fingerprint density at radius 2 is 0.975 bits per heavy atom. The number of benzene rings is 5. The van der Waals surface area contributed by atoms with E-state index in [1.165, 1.54) is 0 Å². The first-order valence-electron chi connectivity index (χ1n) is 13.4. The van der Waals surface area contributed by atoms with Gasteiger partial charge in [0.15, 0.2) is 0 Å². The number of hydrogen-bond donors (Lipinski definition) is 2. The van der Waals surface area contributed by atoms with E-state index < -0.39 is 17.4 Å². The number of aliphatic carboxylic acids is 1. The van der Waals surface area contributed by atoms with Crippen LogP contribution in [0.1, 0.15) is 28.7 Å². The van der Waals surface area contributed by atoms with Gasteiger partial charge in [-0.25, -0.2) is 4.79 Å². The SMILES string of the molecule is O=C(CC(c1ccccc1)(c1ccccc1)c1ccccc1)N[C@@H](Cc1ccc(-c2ccccc2)cc1)C(=O)O. The van der Waals surface area contributed by atoms with Gasteiger partial charge in [-0.1, -0.05) is 146 Å². The van der Waals surface area contributed by atoms with Crippen molar-refractivity contribution >= 4 is 11.9 Å². The Bertz CT molecular complexity index is 1440. The minimum atomic E-state index is -1.06. The van der Waals surface area contributed by atoms with E-state index in [1.54, 1.807) is 0 Å². The average molecular weight is 526 g/mol. The van der Waals surface area contributed by atoms with Crippen LogP contribution in [0.25, 0.3) is 11.1 Å². The van der Waals surface area contributed by atoms with Crippen molar-refractivity contribution < 1.29 is 14.7 Å². The first-order valence-corrected chi connectivity index (χ1v) is 13.4. The Morgan fingerprint density at radius 3 is 1.40 bits per heavy atom. The largest absolute Gasteiger partial charge is 0.480 e. The Hall–Kier alpha value is -4.96. The van der Waals surface area contributed by atoms with Crippen LogP contribution < -0.4 is 5.32 Å². The smallest absolute Gasteiger partial charge is 0.326 e.